The van der Waals surface area contributed by atoms with Gasteiger partial charge in [-0.2, -0.15) is 0 Å². The number of carbonyl (C=O) groups is 1. The summed E-state index contributed by atoms with van der Waals surface area (Å²) < 4.78 is 17.1. The highest BCUT2D eigenvalue weighted by Crippen LogP contribution is 2.44. The van der Waals surface area contributed by atoms with Crippen molar-refractivity contribution in [3.8, 4) is 0 Å². The number of benzene rings is 2. The summed E-state index contributed by atoms with van der Waals surface area (Å²) in [6.07, 6.45) is -1.96. The minimum atomic E-state index is -1.42. The van der Waals surface area contributed by atoms with Crippen LogP contribution >= 0.6 is 0 Å². The number of hydrogen-bond donors (Lipinski definition) is 1. The fourth-order valence-electron chi connectivity index (χ4n) is 3.87. The molecule has 2 aromatic rings. The molecule has 0 radical (unpaired) electrons. The number of hydrogen-bond acceptors (Lipinski definition) is 5. The van der Waals surface area contributed by atoms with E-state index in [9.17, 15) is 9.90 Å². The summed E-state index contributed by atoms with van der Waals surface area (Å²) in [4.78, 5) is 11.6. The van der Waals surface area contributed by atoms with E-state index in [-0.39, 0.29) is 12.4 Å². The van der Waals surface area contributed by atoms with E-state index in [0.717, 1.165) is 0 Å². The molecule has 4 rings (SSSR count). The van der Waals surface area contributed by atoms with Crippen LogP contribution in [0, 0.1) is 0 Å². The molecule has 2 fully saturated rings. The van der Waals surface area contributed by atoms with Gasteiger partial charge in [-0.3, -0.25) is 4.79 Å². The molecule has 0 spiro atoms. The average molecular weight is 340 g/mol. The van der Waals surface area contributed by atoms with Crippen LogP contribution in [-0.4, -0.2) is 42.6 Å². The number of carbonyl (C=O) groups excluding carboxylic acids is 1. The molecule has 2 aliphatic heterocycles. The fraction of sp³-hybridized carbons (Fsp3) is 0.350. The summed E-state index contributed by atoms with van der Waals surface area (Å²) in [5.41, 5.74) is -0.000889. The first kappa shape index (κ1) is 16.3. The van der Waals surface area contributed by atoms with E-state index in [0.29, 0.717) is 11.1 Å². The van der Waals surface area contributed by atoms with E-state index < -0.39 is 30.0 Å². The Kier molecular flexibility index (Phi) is 4.07. The highest BCUT2D eigenvalue weighted by molar-refractivity contribution is 5.73. The summed E-state index contributed by atoms with van der Waals surface area (Å²) in [5.74, 6) is -0.293. The fourth-order valence-corrected chi connectivity index (χ4v) is 3.87. The van der Waals surface area contributed by atoms with Crippen LogP contribution in [0.5, 0.6) is 0 Å². The predicted octanol–water partition coefficient (Wildman–Crippen LogP) is 2.02. The van der Waals surface area contributed by atoms with Gasteiger partial charge in [-0.05, 0) is 11.1 Å². The van der Waals surface area contributed by atoms with Crippen LogP contribution in [0.25, 0.3) is 0 Å². The number of esters is 1. The molecular weight excluding hydrogens is 320 g/mol. The smallest absolute Gasteiger partial charge is 0.309 e. The standard InChI is InChI=1S/C20H20O5/c1-23-18-17-15(12-16(21)25-17)24-19(18)20(22,13-8-4-2-5-9-13)14-10-6-3-7-11-14/h2-11,15,17-19,22H,12H2,1H3/t15-,17+,18-,19+/m1/s1. The first-order valence-electron chi connectivity index (χ1n) is 8.35. The van der Waals surface area contributed by atoms with Gasteiger partial charge in [0.2, 0.25) is 0 Å². The van der Waals surface area contributed by atoms with Gasteiger partial charge in [-0.15, -0.1) is 0 Å². The molecule has 0 aromatic heterocycles. The zero-order valence-corrected chi connectivity index (χ0v) is 13.9. The number of fused-ring (bicyclic) bond motifs is 1. The number of methoxy groups -OCH3 is 1. The van der Waals surface area contributed by atoms with Gasteiger partial charge in [-0.1, -0.05) is 60.7 Å². The maximum Gasteiger partial charge on any atom is 0.309 e. The molecule has 0 saturated carbocycles. The Bertz CT molecular complexity index is 706. The topological polar surface area (TPSA) is 65.0 Å². The minimum absolute atomic E-state index is 0.181. The molecule has 0 bridgehead atoms. The maximum absolute atomic E-state index is 11.8. The van der Waals surface area contributed by atoms with Crippen LogP contribution in [0.2, 0.25) is 0 Å². The van der Waals surface area contributed by atoms with Crippen molar-refractivity contribution < 1.29 is 24.1 Å². The Hall–Kier alpha value is -2.21. The van der Waals surface area contributed by atoms with Gasteiger partial charge in [0.1, 0.15) is 23.9 Å². The summed E-state index contributed by atoms with van der Waals surface area (Å²) in [5, 5.41) is 11.8. The van der Waals surface area contributed by atoms with Gasteiger partial charge in [0, 0.05) is 7.11 Å². The van der Waals surface area contributed by atoms with E-state index in [1.807, 2.05) is 60.7 Å². The molecule has 1 N–H and O–H groups in total. The van der Waals surface area contributed by atoms with Gasteiger partial charge in [0.05, 0.1) is 6.42 Å². The normalized spacial score (nSPS) is 28.6. The quantitative estimate of drug-likeness (QED) is 0.863. The van der Waals surface area contributed by atoms with Crippen molar-refractivity contribution in [2.75, 3.05) is 7.11 Å². The van der Waals surface area contributed by atoms with Crippen LogP contribution in [-0.2, 0) is 24.6 Å². The first-order valence-corrected chi connectivity index (χ1v) is 8.35. The molecule has 2 heterocycles. The third-order valence-corrected chi connectivity index (χ3v) is 5.06. The maximum atomic E-state index is 11.8. The van der Waals surface area contributed by atoms with Crippen molar-refractivity contribution >= 4 is 5.97 Å². The molecule has 5 heteroatoms. The van der Waals surface area contributed by atoms with Gasteiger partial charge < -0.3 is 19.3 Å². The molecule has 0 unspecified atom stereocenters. The summed E-state index contributed by atoms with van der Waals surface area (Å²) in [6, 6.07) is 18.8. The lowest BCUT2D eigenvalue weighted by atomic mass is 9.79. The van der Waals surface area contributed by atoms with Crippen molar-refractivity contribution in [3.63, 3.8) is 0 Å². The van der Waals surface area contributed by atoms with Crippen molar-refractivity contribution in [3.05, 3.63) is 71.8 Å². The Morgan fingerprint density at radius 2 is 1.60 bits per heavy atom. The van der Waals surface area contributed by atoms with E-state index in [4.69, 9.17) is 14.2 Å². The molecule has 2 aromatic carbocycles. The Morgan fingerprint density at radius 3 is 2.12 bits per heavy atom. The predicted molar refractivity (Wildman–Crippen MR) is 89.8 cm³/mol. The number of rotatable bonds is 4. The van der Waals surface area contributed by atoms with Crippen LogP contribution in [0.15, 0.2) is 60.7 Å². The van der Waals surface area contributed by atoms with Crippen molar-refractivity contribution in [1.29, 1.82) is 0 Å². The average Bonchev–Trinajstić information content (AvgIpc) is 3.18. The third kappa shape index (κ3) is 2.56. The second kappa shape index (κ2) is 6.26. The second-order valence-corrected chi connectivity index (χ2v) is 6.45. The van der Waals surface area contributed by atoms with Gasteiger partial charge in [0.15, 0.2) is 6.10 Å². The Balaban J connectivity index is 1.81. The van der Waals surface area contributed by atoms with E-state index in [1.54, 1.807) is 7.11 Å². The highest BCUT2D eigenvalue weighted by atomic mass is 16.6. The molecular formula is C20H20O5. The molecule has 130 valence electrons. The van der Waals surface area contributed by atoms with Gasteiger partial charge >= 0.3 is 5.97 Å². The van der Waals surface area contributed by atoms with Gasteiger partial charge in [0.25, 0.3) is 0 Å². The molecule has 5 nitrogen and oxygen atoms in total. The summed E-state index contributed by atoms with van der Waals surface area (Å²) in [7, 11) is 1.55. The SMILES string of the molecule is CO[C@@H]1[C@H]2OC(=O)C[C@H]2O[C@@H]1C(O)(c1ccccc1)c1ccccc1. The lowest BCUT2D eigenvalue weighted by Crippen LogP contribution is -2.49. The third-order valence-electron chi connectivity index (χ3n) is 5.06. The number of ether oxygens (including phenoxy) is 3. The molecule has 2 saturated heterocycles. The molecule has 0 aliphatic carbocycles. The van der Waals surface area contributed by atoms with E-state index in [2.05, 4.69) is 0 Å². The van der Waals surface area contributed by atoms with E-state index >= 15 is 0 Å². The monoisotopic (exact) mass is 340 g/mol. The Morgan fingerprint density at radius 1 is 1.04 bits per heavy atom. The van der Waals surface area contributed by atoms with Crippen LogP contribution in [0.1, 0.15) is 17.5 Å². The van der Waals surface area contributed by atoms with E-state index in [1.165, 1.54) is 0 Å². The van der Waals surface area contributed by atoms with Crippen molar-refractivity contribution in [1.82, 2.24) is 0 Å². The largest absolute Gasteiger partial charge is 0.457 e. The van der Waals surface area contributed by atoms with Crippen molar-refractivity contribution in [2.24, 2.45) is 0 Å². The Labute approximate surface area is 146 Å². The lowest BCUT2D eigenvalue weighted by molar-refractivity contribution is -0.153. The van der Waals surface area contributed by atoms with Crippen LogP contribution in [0.4, 0.5) is 0 Å². The van der Waals surface area contributed by atoms with Gasteiger partial charge in [-0.25, -0.2) is 0 Å². The van der Waals surface area contributed by atoms with Crippen molar-refractivity contribution in [2.45, 2.75) is 36.4 Å². The van der Waals surface area contributed by atoms with Crippen LogP contribution in [0.3, 0.4) is 0 Å². The molecule has 2 aliphatic rings. The zero-order valence-electron chi connectivity index (χ0n) is 13.9. The number of aliphatic hydroxyl groups is 1. The van der Waals surface area contributed by atoms with Crippen LogP contribution < -0.4 is 0 Å². The highest BCUT2D eigenvalue weighted by Gasteiger charge is 2.59. The molecule has 0 amide bonds. The molecule has 25 heavy (non-hydrogen) atoms. The zero-order chi connectivity index (χ0) is 17.4. The first-order chi connectivity index (χ1) is 12.1. The second-order valence-electron chi connectivity index (χ2n) is 6.45. The minimum Gasteiger partial charge on any atom is -0.457 e. The summed E-state index contributed by atoms with van der Waals surface area (Å²) in [6.45, 7) is 0. The lowest BCUT2D eigenvalue weighted by Gasteiger charge is -2.37. The summed E-state index contributed by atoms with van der Waals surface area (Å²) >= 11 is 0. The molecule has 4 atom stereocenters.